The fourth-order valence-corrected chi connectivity index (χ4v) is 6.32. The molecule has 0 aliphatic heterocycles. The minimum atomic E-state index is -0.242. The number of hydrogen-bond donors (Lipinski definition) is 0. The third kappa shape index (κ3) is 6.18. The molecule has 1 unspecified atom stereocenters. The Bertz CT molecular complexity index is 659. The second kappa shape index (κ2) is 12.4. The lowest BCUT2D eigenvalue weighted by atomic mass is 9.91. The van der Waals surface area contributed by atoms with Crippen LogP contribution in [0.15, 0.2) is 42.5 Å². The summed E-state index contributed by atoms with van der Waals surface area (Å²) in [4.78, 5) is 0. The van der Waals surface area contributed by atoms with Crippen LogP contribution >= 0.6 is 7.92 Å². The Kier molecular flexibility index (Phi) is 10.1. The van der Waals surface area contributed by atoms with E-state index in [0.717, 1.165) is 0 Å². The van der Waals surface area contributed by atoms with E-state index in [2.05, 4.69) is 70.2 Å². The molecule has 0 aliphatic rings. The maximum absolute atomic E-state index is 2.51. The predicted molar refractivity (Wildman–Crippen MR) is 125 cm³/mol. The van der Waals surface area contributed by atoms with Crippen molar-refractivity contribution < 1.29 is 0 Å². The van der Waals surface area contributed by atoms with Crippen LogP contribution in [0.2, 0.25) is 0 Å². The average Bonchev–Trinajstić information content (AvgIpc) is 2.71. The molecule has 0 fully saturated rings. The number of rotatable bonds is 12. The van der Waals surface area contributed by atoms with Gasteiger partial charge in [0.05, 0.1) is 0 Å². The van der Waals surface area contributed by atoms with Crippen molar-refractivity contribution in [2.75, 3.05) is 6.16 Å². The van der Waals surface area contributed by atoms with Gasteiger partial charge in [-0.3, -0.25) is 0 Å². The average molecular weight is 383 g/mol. The quantitative estimate of drug-likeness (QED) is 0.341. The number of hydrogen-bond acceptors (Lipinski definition) is 0. The number of aryl methyl sites for hydroxylation is 1. The number of benzene rings is 2. The zero-order valence-electron chi connectivity index (χ0n) is 18.1. The fraction of sp³-hybridized carbons (Fsp3) is 0.538. The van der Waals surface area contributed by atoms with E-state index in [0.29, 0.717) is 0 Å². The summed E-state index contributed by atoms with van der Waals surface area (Å²) >= 11 is 0. The lowest BCUT2D eigenvalue weighted by Crippen LogP contribution is -2.20. The summed E-state index contributed by atoms with van der Waals surface area (Å²) in [5, 5.41) is 3.20. The van der Waals surface area contributed by atoms with Gasteiger partial charge in [-0.1, -0.05) is 89.4 Å². The molecule has 148 valence electrons. The van der Waals surface area contributed by atoms with Gasteiger partial charge < -0.3 is 0 Å². The van der Waals surface area contributed by atoms with Gasteiger partial charge in [-0.05, 0) is 79.9 Å². The smallest absolute Gasteiger partial charge is 0.0160 e. The number of unbranched alkanes of at least 4 members (excludes halogenated alkanes) is 3. The first kappa shape index (κ1) is 22.2. The molecule has 0 N–H and O–H groups in total. The van der Waals surface area contributed by atoms with E-state index in [9.17, 15) is 0 Å². The molecule has 1 atom stereocenters. The Hall–Kier alpha value is -1.13. The van der Waals surface area contributed by atoms with E-state index in [-0.39, 0.29) is 7.92 Å². The van der Waals surface area contributed by atoms with E-state index >= 15 is 0 Å². The molecule has 0 heterocycles. The summed E-state index contributed by atoms with van der Waals surface area (Å²) in [6.07, 6.45) is 12.8. The van der Waals surface area contributed by atoms with Gasteiger partial charge in [0.2, 0.25) is 0 Å². The highest BCUT2D eigenvalue weighted by Crippen LogP contribution is 2.36. The summed E-state index contributed by atoms with van der Waals surface area (Å²) in [6.45, 7) is 9.33. The van der Waals surface area contributed by atoms with Crippen LogP contribution in [0.3, 0.4) is 0 Å². The zero-order valence-corrected chi connectivity index (χ0v) is 19.0. The summed E-state index contributed by atoms with van der Waals surface area (Å²) < 4.78 is 0. The molecule has 2 aromatic rings. The highest BCUT2D eigenvalue weighted by Gasteiger charge is 2.19. The van der Waals surface area contributed by atoms with Crippen LogP contribution in [0.25, 0.3) is 0 Å². The first-order valence-corrected chi connectivity index (χ1v) is 12.8. The normalized spacial score (nSPS) is 12.3. The molecule has 0 radical (unpaired) electrons. The second-order valence-corrected chi connectivity index (χ2v) is 10.1. The van der Waals surface area contributed by atoms with Gasteiger partial charge in [0.25, 0.3) is 0 Å². The monoisotopic (exact) mass is 382 g/mol. The molecular weight excluding hydrogens is 343 g/mol. The van der Waals surface area contributed by atoms with Gasteiger partial charge in [-0.15, -0.1) is 0 Å². The van der Waals surface area contributed by atoms with Crippen LogP contribution in [0.1, 0.15) is 82.9 Å². The third-order valence-electron chi connectivity index (χ3n) is 5.54. The summed E-state index contributed by atoms with van der Waals surface area (Å²) in [6, 6.07) is 16.2. The molecule has 0 bridgehead atoms. The molecule has 0 spiro atoms. The molecule has 2 rings (SSSR count). The van der Waals surface area contributed by atoms with Crippen molar-refractivity contribution in [3.05, 3.63) is 59.2 Å². The molecular formula is C26H39P. The Morgan fingerprint density at radius 1 is 0.630 bits per heavy atom. The Morgan fingerprint density at radius 2 is 1.22 bits per heavy atom. The molecule has 27 heavy (non-hydrogen) atoms. The molecule has 0 saturated carbocycles. The van der Waals surface area contributed by atoms with Crippen LogP contribution in [-0.4, -0.2) is 6.16 Å². The molecule has 0 aromatic heterocycles. The Balaban J connectivity index is 2.53. The standard InChI is InChI=1S/C26H39P/c1-5-9-15-22-20-21-26(27(8-4)23-16-13-12-14-17-23)25(19-11-7-3)24(22)18-10-6-2/h12-14,16-17,20-21H,5-11,15,18-19H2,1-4H3. The van der Waals surface area contributed by atoms with Gasteiger partial charge in [0.15, 0.2) is 0 Å². The SMILES string of the molecule is CCCCc1ccc(P(CC)c2ccccc2)c(CCCC)c1CCCC. The van der Waals surface area contributed by atoms with Crippen molar-refractivity contribution in [3.63, 3.8) is 0 Å². The molecule has 0 amide bonds. The van der Waals surface area contributed by atoms with Crippen LogP contribution in [0.5, 0.6) is 0 Å². The zero-order chi connectivity index (χ0) is 19.5. The van der Waals surface area contributed by atoms with Crippen molar-refractivity contribution >= 4 is 18.5 Å². The Labute approximate surface area is 169 Å². The van der Waals surface area contributed by atoms with E-state index < -0.39 is 0 Å². The molecule has 1 heteroatoms. The molecule has 2 aromatic carbocycles. The van der Waals surface area contributed by atoms with Gasteiger partial charge in [0, 0.05) is 0 Å². The minimum Gasteiger partial charge on any atom is -0.0654 e. The van der Waals surface area contributed by atoms with Gasteiger partial charge in [0.1, 0.15) is 0 Å². The summed E-state index contributed by atoms with van der Waals surface area (Å²) in [5.74, 6) is 0. The maximum atomic E-state index is 2.51. The topological polar surface area (TPSA) is 0 Å². The van der Waals surface area contributed by atoms with E-state index in [1.807, 2.05) is 0 Å². The summed E-state index contributed by atoms with van der Waals surface area (Å²) in [5.41, 5.74) is 5.07. The lowest BCUT2D eigenvalue weighted by Gasteiger charge is -2.25. The highest BCUT2D eigenvalue weighted by atomic mass is 31.1. The molecule has 0 nitrogen and oxygen atoms in total. The minimum absolute atomic E-state index is 0.242. The molecule has 0 aliphatic carbocycles. The third-order valence-corrected chi connectivity index (χ3v) is 8.09. The maximum Gasteiger partial charge on any atom is -0.0160 e. The first-order valence-electron chi connectivity index (χ1n) is 11.2. The summed E-state index contributed by atoms with van der Waals surface area (Å²) in [7, 11) is -0.242. The van der Waals surface area contributed by atoms with Gasteiger partial charge >= 0.3 is 0 Å². The van der Waals surface area contributed by atoms with Crippen LogP contribution in [-0.2, 0) is 19.3 Å². The highest BCUT2D eigenvalue weighted by molar-refractivity contribution is 7.73. The van der Waals surface area contributed by atoms with Crippen molar-refractivity contribution in [3.8, 4) is 0 Å². The van der Waals surface area contributed by atoms with E-state index in [1.54, 1.807) is 22.0 Å². The van der Waals surface area contributed by atoms with Crippen LogP contribution < -0.4 is 10.6 Å². The second-order valence-electron chi connectivity index (χ2n) is 7.59. The first-order chi connectivity index (χ1) is 13.3. The van der Waals surface area contributed by atoms with Crippen molar-refractivity contribution in [1.82, 2.24) is 0 Å². The van der Waals surface area contributed by atoms with Crippen LogP contribution in [0, 0.1) is 0 Å². The Morgan fingerprint density at radius 3 is 1.81 bits per heavy atom. The van der Waals surface area contributed by atoms with Gasteiger partial charge in [-0.2, -0.15) is 0 Å². The van der Waals surface area contributed by atoms with Crippen molar-refractivity contribution in [2.24, 2.45) is 0 Å². The van der Waals surface area contributed by atoms with Crippen LogP contribution in [0.4, 0.5) is 0 Å². The largest absolute Gasteiger partial charge is 0.0654 e. The predicted octanol–water partition coefficient (Wildman–Crippen LogP) is 7.17. The molecule has 0 saturated heterocycles. The van der Waals surface area contributed by atoms with Crippen molar-refractivity contribution in [1.29, 1.82) is 0 Å². The van der Waals surface area contributed by atoms with E-state index in [1.165, 1.54) is 69.3 Å². The van der Waals surface area contributed by atoms with Crippen molar-refractivity contribution in [2.45, 2.75) is 85.5 Å². The lowest BCUT2D eigenvalue weighted by molar-refractivity contribution is 0.737. The van der Waals surface area contributed by atoms with Gasteiger partial charge in [-0.25, -0.2) is 0 Å². The van der Waals surface area contributed by atoms with E-state index in [4.69, 9.17) is 0 Å². The fourth-order valence-electron chi connectivity index (χ4n) is 3.98.